The lowest BCUT2D eigenvalue weighted by molar-refractivity contribution is -0.139. The zero-order valence-electron chi connectivity index (χ0n) is 11.6. The van der Waals surface area contributed by atoms with Crippen LogP contribution in [0.4, 0.5) is 4.79 Å². The summed E-state index contributed by atoms with van der Waals surface area (Å²) in [6.45, 7) is 2.43. The maximum absolute atomic E-state index is 11.7. The Balaban J connectivity index is 2.21. The molecule has 110 valence electrons. The number of nitrogens with one attached hydrogen (secondary N) is 2. The van der Waals surface area contributed by atoms with Crippen LogP contribution in [0.1, 0.15) is 39.0 Å². The van der Waals surface area contributed by atoms with Gasteiger partial charge in [-0.15, -0.1) is 0 Å². The highest BCUT2D eigenvalue weighted by molar-refractivity contribution is 5.74. The Bertz CT molecular complexity index is 301. The fourth-order valence-corrected chi connectivity index (χ4v) is 2.28. The quantitative estimate of drug-likeness (QED) is 0.681. The summed E-state index contributed by atoms with van der Waals surface area (Å²) in [5.74, 6) is -0.190. The molecule has 1 unspecified atom stereocenters. The van der Waals surface area contributed by atoms with Crippen LogP contribution >= 0.6 is 0 Å². The maximum atomic E-state index is 11.7. The first-order chi connectivity index (χ1) is 9.01. The SMILES string of the molecule is COC(CNC(=O)NC1CCC(C)CC1)CC(=O)O. The Hall–Kier alpha value is -1.30. The van der Waals surface area contributed by atoms with Crippen molar-refractivity contribution >= 4 is 12.0 Å². The van der Waals surface area contributed by atoms with E-state index in [1.165, 1.54) is 7.11 Å². The predicted molar refractivity (Wildman–Crippen MR) is 71.0 cm³/mol. The fourth-order valence-electron chi connectivity index (χ4n) is 2.28. The zero-order chi connectivity index (χ0) is 14.3. The van der Waals surface area contributed by atoms with Gasteiger partial charge in [0.05, 0.1) is 12.5 Å². The summed E-state index contributed by atoms with van der Waals surface area (Å²) in [5.41, 5.74) is 0. The summed E-state index contributed by atoms with van der Waals surface area (Å²) >= 11 is 0. The molecule has 1 rings (SSSR count). The van der Waals surface area contributed by atoms with Crippen LogP contribution in [-0.2, 0) is 9.53 Å². The number of aliphatic carboxylic acids is 1. The number of amides is 2. The van der Waals surface area contributed by atoms with Crippen LogP contribution in [0.15, 0.2) is 0 Å². The number of carbonyl (C=O) groups is 2. The first-order valence-corrected chi connectivity index (χ1v) is 6.80. The zero-order valence-corrected chi connectivity index (χ0v) is 11.6. The van der Waals surface area contributed by atoms with E-state index in [2.05, 4.69) is 17.6 Å². The van der Waals surface area contributed by atoms with Crippen molar-refractivity contribution in [2.24, 2.45) is 5.92 Å². The first-order valence-electron chi connectivity index (χ1n) is 6.80. The molecule has 1 saturated carbocycles. The Labute approximate surface area is 113 Å². The van der Waals surface area contributed by atoms with E-state index in [0.29, 0.717) is 0 Å². The molecule has 0 aromatic carbocycles. The summed E-state index contributed by atoms with van der Waals surface area (Å²) in [5, 5.41) is 14.2. The molecule has 0 aliphatic heterocycles. The van der Waals surface area contributed by atoms with Crippen LogP contribution in [0.25, 0.3) is 0 Å². The van der Waals surface area contributed by atoms with Gasteiger partial charge in [0.15, 0.2) is 0 Å². The third kappa shape index (κ3) is 6.42. The summed E-state index contributed by atoms with van der Waals surface area (Å²) in [4.78, 5) is 22.2. The second kappa shape index (κ2) is 7.99. The van der Waals surface area contributed by atoms with Gasteiger partial charge < -0.3 is 20.5 Å². The molecule has 0 spiro atoms. The number of ether oxygens (including phenoxy) is 1. The number of methoxy groups -OCH3 is 1. The van der Waals surface area contributed by atoms with Crippen LogP contribution in [0.2, 0.25) is 0 Å². The highest BCUT2D eigenvalue weighted by Crippen LogP contribution is 2.23. The van der Waals surface area contributed by atoms with Crippen molar-refractivity contribution < 1.29 is 19.4 Å². The summed E-state index contributed by atoms with van der Waals surface area (Å²) in [6, 6.07) is -0.0105. The second-order valence-electron chi connectivity index (χ2n) is 5.27. The molecule has 6 heteroatoms. The van der Waals surface area contributed by atoms with E-state index in [0.717, 1.165) is 31.6 Å². The Morgan fingerprint density at radius 1 is 1.32 bits per heavy atom. The number of carbonyl (C=O) groups excluding carboxylic acids is 1. The molecular formula is C13H24N2O4. The molecule has 0 bridgehead atoms. The number of carboxylic acids is 1. The van der Waals surface area contributed by atoms with E-state index in [1.54, 1.807) is 0 Å². The van der Waals surface area contributed by atoms with Crippen molar-refractivity contribution in [2.45, 2.75) is 51.2 Å². The number of urea groups is 1. The number of hydrogen-bond acceptors (Lipinski definition) is 3. The molecule has 0 heterocycles. The molecule has 0 aromatic heterocycles. The summed E-state index contributed by atoms with van der Waals surface area (Å²) < 4.78 is 4.99. The minimum absolute atomic E-state index is 0.113. The van der Waals surface area contributed by atoms with Gasteiger partial charge in [-0.05, 0) is 31.6 Å². The van der Waals surface area contributed by atoms with Gasteiger partial charge in [-0.1, -0.05) is 6.92 Å². The highest BCUT2D eigenvalue weighted by Gasteiger charge is 2.20. The van der Waals surface area contributed by atoms with E-state index in [9.17, 15) is 9.59 Å². The molecule has 6 nitrogen and oxygen atoms in total. The van der Waals surface area contributed by atoms with Crippen molar-refractivity contribution in [3.63, 3.8) is 0 Å². The van der Waals surface area contributed by atoms with E-state index in [-0.39, 0.29) is 25.0 Å². The van der Waals surface area contributed by atoms with E-state index >= 15 is 0 Å². The molecule has 19 heavy (non-hydrogen) atoms. The minimum Gasteiger partial charge on any atom is -0.481 e. The third-order valence-electron chi connectivity index (χ3n) is 3.58. The van der Waals surface area contributed by atoms with Gasteiger partial charge in [-0.25, -0.2) is 4.79 Å². The molecule has 0 saturated heterocycles. The number of hydrogen-bond donors (Lipinski definition) is 3. The van der Waals surface area contributed by atoms with Crippen molar-refractivity contribution in [1.82, 2.24) is 10.6 Å². The molecular weight excluding hydrogens is 248 g/mol. The van der Waals surface area contributed by atoms with Gasteiger partial charge in [-0.2, -0.15) is 0 Å². The topological polar surface area (TPSA) is 87.7 Å². The lowest BCUT2D eigenvalue weighted by atomic mass is 9.87. The van der Waals surface area contributed by atoms with Crippen molar-refractivity contribution in [2.75, 3.05) is 13.7 Å². The lowest BCUT2D eigenvalue weighted by Crippen LogP contribution is -2.46. The van der Waals surface area contributed by atoms with Gasteiger partial charge >= 0.3 is 12.0 Å². The number of rotatable bonds is 6. The van der Waals surface area contributed by atoms with Gasteiger partial charge in [0.1, 0.15) is 0 Å². The molecule has 1 aliphatic rings. The van der Waals surface area contributed by atoms with E-state index in [1.807, 2.05) is 0 Å². The van der Waals surface area contributed by atoms with Gasteiger partial charge in [0.2, 0.25) is 0 Å². The molecule has 3 N–H and O–H groups in total. The predicted octanol–water partition coefficient (Wildman–Crippen LogP) is 1.35. The van der Waals surface area contributed by atoms with Crippen LogP contribution in [0.5, 0.6) is 0 Å². The van der Waals surface area contributed by atoms with Gasteiger partial charge in [-0.3, -0.25) is 4.79 Å². The van der Waals surface area contributed by atoms with Crippen molar-refractivity contribution in [3.8, 4) is 0 Å². The van der Waals surface area contributed by atoms with Crippen molar-refractivity contribution in [3.05, 3.63) is 0 Å². The summed E-state index contributed by atoms with van der Waals surface area (Å²) in [6.07, 6.45) is 3.71. The highest BCUT2D eigenvalue weighted by atomic mass is 16.5. The maximum Gasteiger partial charge on any atom is 0.315 e. The van der Waals surface area contributed by atoms with Crippen LogP contribution in [0.3, 0.4) is 0 Å². The molecule has 1 fully saturated rings. The minimum atomic E-state index is -0.935. The second-order valence-corrected chi connectivity index (χ2v) is 5.27. The third-order valence-corrected chi connectivity index (χ3v) is 3.58. The lowest BCUT2D eigenvalue weighted by Gasteiger charge is -2.27. The van der Waals surface area contributed by atoms with Crippen LogP contribution < -0.4 is 10.6 Å². The van der Waals surface area contributed by atoms with Crippen LogP contribution in [0, 0.1) is 5.92 Å². The summed E-state index contributed by atoms with van der Waals surface area (Å²) in [7, 11) is 1.44. The van der Waals surface area contributed by atoms with E-state index in [4.69, 9.17) is 9.84 Å². The normalized spacial score (nSPS) is 24.5. The van der Waals surface area contributed by atoms with Crippen molar-refractivity contribution in [1.29, 1.82) is 0 Å². The van der Waals surface area contributed by atoms with E-state index < -0.39 is 12.1 Å². The smallest absolute Gasteiger partial charge is 0.315 e. The molecule has 2 amide bonds. The molecule has 0 radical (unpaired) electrons. The largest absolute Gasteiger partial charge is 0.481 e. The molecule has 1 atom stereocenters. The fraction of sp³-hybridized carbons (Fsp3) is 0.846. The van der Waals surface area contributed by atoms with Gasteiger partial charge in [0.25, 0.3) is 0 Å². The standard InChI is InChI=1S/C13H24N2O4/c1-9-3-5-10(6-4-9)15-13(18)14-8-11(19-2)7-12(16)17/h9-11H,3-8H2,1-2H3,(H,16,17)(H2,14,15,18). The monoisotopic (exact) mass is 272 g/mol. The van der Waals surface area contributed by atoms with Crippen LogP contribution in [-0.4, -0.2) is 42.9 Å². The number of carboxylic acid groups (broad SMARTS) is 1. The van der Waals surface area contributed by atoms with Gasteiger partial charge in [0, 0.05) is 19.7 Å². The molecule has 0 aromatic rings. The average molecular weight is 272 g/mol. The Morgan fingerprint density at radius 3 is 2.47 bits per heavy atom. The average Bonchev–Trinajstić information content (AvgIpc) is 2.37. The molecule has 1 aliphatic carbocycles. The Morgan fingerprint density at radius 2 is 1.95 bits per heavy atom. The Kier molecular flexibility index (Phi) is 6.62. The first kappa shape index (κ1) is 15.8.